The molecule has 0 aliphatic carbocycles. The van der Waals surface area contributed by atoms with E-state index in [-0.39, 0.29) is 0 Å². The average Bonchev–Trinajstić information content (AvgIpc) is 2.35. The van der Waals surface area contributed by atoms with Crippen LogP contribution in [-0.2, 0) is 9.59 Å². The van der Waals surface area contributed by atoms with Crippen LogP contribution in [0.2, 0.25) is 0 Å². The van der Waals surface area contributed by atoms with Gasteiger partial charge in [0.2, 0.25) is 11.8 Å². The van der Waals surface area contributed by atoms with Crippen molar-refractivity contribution in [2.24, 2.45) is 0 Å². The molecule has 18 heavy (non-hydrogen) atoms. The zero-order valence-corrected chi connectivity index (χ0v) is 10.1. The molecule has 0 radical (unpaired) electrons. The van der Waals surface area contributed by atoms with Crippen molar-refractivity contribution >= 4 is 17.8 Å². The highest BCUT2D eigenvalue weighted by atomic mass is 16.2. The van der Waals surface area contributed by atoms with Gasteiger partial charge in [0.25, 0.3) is 0 Å². The highest BCUT2D eigenvalue weighted by Gasteiger charge is 2.40. The Morgan fingerprint density at radius 3 is 2.44 bits per heavy atom. The van der Waals surface area contributed by atoms with E-state index >= 15 is 0 Å². The molecule has 0 saturated carbocycles. The van der Waals surface area contributed by atoms with E-state index in [2.05, 4.69) is 5.32 Å². The minimum atomic E-state index is -0.921. The van der Waals surface area contributed by atoms with E-state index in [9.17, 15) is 14.4 Å². The van der Waals surface area contributed by atoms with Crippen LogP contribution in [0.1, 0.15) is 24.8 Å². The Kier molecular flexibility index (Phi) is 3.41. The van der Waals surface area contributed by atoms with Gasteiger partial charge in [0.05, 0.1) is 0 Å². The SMILES string of the molecule is CCCN1C(=O)NC(=O)C(c2ccccc2)C1=O. The number of urea groups is 1. The first-order valence-electron chi connectivity index (χ1n) is 5.86. The standard InChI is InChI=1S/C13H14N2O3/c1-2-8-15-12(17)10(11(16)14-13(15)18)9-6-4-3-5-7-9/h3-7,10H,2,8H2,1H3,(H,14,16,18). The minimum absolute atomic E-state index is 0.321. The molecular weight excluding hydrogens is 232 g/mol. The Labute approximate surface area is 105 Å². The predicted molar refractivity (Wildman–Crippen MR) is 64.7 cm³/mol. The van der Waals surface area contributed by atoms with Crippen molar-refractivity contribution < 1.29 is 14.4 Å². The molecular formula is C13H14N2O3. The summed E-state index contributed by atoms with van der Waals surface area (Å²) in [6, 6.07) is 8.12. The van der Waals surface area contributed by atoms with Gasteiger partial charge < -0.3 is 0 Å². The van der Waals surface area contributed by atoms with Crippen molar-refractivity contribution in [3.05, 3.63) is 35.9 Å². The smallest absolute Gasteiger partial charge is 0.277 e. The van der Waals surface area contributed by atoms with E-state index in [1.807, 2.05) is 13.0 Å². The number of carbonyl (C=O) groups excluding carboxylic acids is 3. The van der Waals surface area contributed by atoms with Crippen LogP contribution >= 0.6 is 0 Å². The molecule has 0 spiro atoms. The van der Waals surface area contributed by atoms with Crippen molar-refractivity contribution in [2.45, 2.75) is 19.3 Å². The van der Waals surface area contributed by atoms with E-state index in [0.29, 0.717) is 18.5 Å². The fourth-order valence-corrected chi connectivity index (χ4v) is 1.99. The third kappa shape index (κ3) is 2.11. The van der Waals surface area contributed by atoms with Gasteiger partial charge in [-0.2, -0.15) is 0 Å². The van der Waals surface area contributed by atoms with Crippen molar-refractivity contribution in [1.29, 1.82) is 0 Å². The van der Waals surface area contributed by atoms with Gasteiger partial charge in [0.15, 0.2) is 0 Å². The molecule has 1 aliphatic heterocycles. The van der Waals surface area contributed by atoms with E-state index in [1.54, 1.807) is 24.3 Å². The van der Waals surface area contributed by atoms with Crippen LogP contribution in [0.25, 0.3) is 0 Å². The first kappa shape index (κ1) is 12.3. The second kappa shape index (κ2) is 5.00. The molecule has 1 fully saturated rings. The van der Waals surface area contributed by atoms with Gasteiger partial charge in [0.1, 0.15) is 5.92 Å². The van der Waals surface area contributed by atoms with Crippen LogP contribution in [-0.4, -0.2) is 29.3 Å². The lowest BCUT2D eigenvalue weighted by molar-refractivity contribution is -0.138. The minimum Gasteiger partial charge on any atom is -0.277 e. The maximum Gasteiger partial charge on any atom is 0.330 e. The first-order valence-corrected chi connectivity index (χ1v) is 5.86. The number of barbiturate groups is 1. The third-order valence-electron chi connectivity index (χ3n) is 2.83. The molecule has 1 atom stereocenters. The summed E-state index contributed by atoms with van der Waals surface area (Å²) in [4.78, 5) is 36.6. The summed E-state index contributed by atoms with van der Waals surface area (Å²) in [5.41, 5.74) is 0.605. The monoisotopic (exact) mass is 246 g/mol. The van der Waals surface area contributed by atoms with Gasteiger partial charge in [0, 0.05) is 6.54 Å². The van der Waals surface area contributed by atoms with Crippen LogP contribution in [0, 0.1) is 0 Å². The van der Waals surface area contributed by atoms with Crippen LogP contribution in [0.5, 0.6) is 0 Å². The molecule has 1 heterocycles. The fraction of sp³-hybridized carbons (Fsp3) is 0.308. The predicted octanol–water partition coefficient (Wildman–Crippen LogP) is 1.26. The Morgan fingerprint density at radius 1 is 1.17 bits per heavy atom. The van der Waals surface area contributed by atoms with Crippen molar-refractivity contribution in [3.8, 4) is 0 Å². The number of nitrogens with zero attached hydrogens (tertiary/aromatic N) is 1. The topological polar surface area (TPSA) is 66.5 Å². The molecule has 1 N–H and O–H groups in total. The summed E-state index contributed by atoms with van der Waals surface area (Å²) in [6.07, 6.45) is 0.662. The van der Waals surface area contributed by atoms with Gasteiger partial charge in [-0.15, -0.1) is 0 Å². The lowest BCUT2D eigenvalue weighted by Gasteiger charge is -2.30. The van der Waals surface area contributed by atoms with Gasteiger partial charge in [-0.25, -0.2) is 4.79 Å². The highest BCUT2D eigenvalue weighted by Crippen LogP contribution is 2.22. The van der Waals surface area contributed by atoms with Crippen LogP contribution in [0.3, 0.4) is 0 Å². The quantitative estimate of drug-likeness (QED) is 0.816. The summed E-state index contributed by atoms with van der Waals surface area (Å²) >= 11 is 0. The van der Waals surface area contributed by atoms with Gasteiger partial charge >= 0.3 is 6.03 Å². The summed E-state index contributed by atoms with van der Waals surface area (Å²) in [7, 11) is 0. The number of nitrogens with one attached hydrogen (secondary N) is 1. The molecule has 2 rings (SSSR count). The molecule has 1 saturated heterocycles. The molecule has 1 aromatic carbocycles. The fourth-order valence-electron chi connectivity index (χ4n) is 1.99. The molecule has 1 aromatic rings. The van der Waals surface area contributed by atoms with E-state index in [0.717, 1.165) is 4.90 Å². The molecule has 0 bridgehead atoms. The van der Waals surface area contributed by atoms with Crippen LogP contribution in [0.4, 0.5) is 4.79 Å². The number of rotatable bonds is 3. The highest BCUT2D eigenvalue weighted by molar-refractivity contribution is 6.19. The molecule has 94 valence electrons. The maximum absolute atomic E-state index is 12.2. The van der Waals surface area contributed by atoms with Crippen LogP contribution in [0.15, 0.2) is 30.3 Å². The van der Waals surface area contributed by atoms with Gasteiger partial charge in [-0.1, -0.05) is 37.3 Å². The van der Waals surface area contributed by atoms with E-state index < -0.39 is 23.8 Å². The van der Waals surface area contributed by atoms with Crippen molar-refractivity contribution in [2.75, 3.05) is 6.54 Å². The lowest BCUT2D eigenvalue weighted by atomic mass is 9.95. The number of benzene rings is 1. The molecule has 1 aliphatic rings. The number of imide groups is 2. The molecule has 0 aromatic heterocycles. The summed E-state index contributed by atoms with van der Waals surface area (Å²) in [5, 5.41) is 2.22. The first-order chi connectivity index (χ1) is 8.65. The molecule has 4 amide bonds. The molecule has 1 unspecified atom stereocenters. The number of carbonyl (C=O) groups is 3. The van der Waals surface area contributed by atoms with Gasteiger partial charge in [-0.3, -0.25) is 19.8 Å². The Morgan fingerprint density at radius 2 is 1.83 bits per heavy atom. The maximum atomic E-state index is 12.2. The number of hydrogen-bond donors (Lipinski definition) is 1. The molecule has 5 heteroatoms. The van der Waals surface area contributed by atoms with Crippen LogP contribution < -0.4 is 5.32 Å². The van der Waals surface area contributed by atoms with E-state index in [4.69, 9.17) is 0 Å². The normalized spacial score (nSPS) is 19.9. The zero-order chi connectivity index (χ0) is 13.1. The van der Waals surface area contributed by atoms with Crippen molar-refractivity contribution in [3.63, 3.8) is 0 Å². The Bertz CT molecular complexity index is 484. The van der Waals surface area contributed by atoms with E-state index in [1.165, 1.54) is 0 Å². The summed E-state index contributed by atoms with van der Waals surface area (Å²) < 4.78 is 0. The Balaban J connectivity index is 2.32. The Hall–Kier alpha value is -2.17. The number of hydrogen-bond acceptors (Lipinski definition) is 3. The largest absolute Gasteiger partial charge is 0.330 e. The van der Waals surface area contributed by atoms with Gasteiger partial charge in [-0.05, 0) is 12.0 Å². The second-order valence-electron chi connectivity index (χ2n) is 4.13. The third-order valence-corrected chi connectivity index (χ3v) is 2.83. The second-order valence-corrected chi connectivity index (χ2v) is 4.13. The average molecular weight is 246 g/mol. The summed E-state index contributed by atoms with van der Waals surface area (Å²) in [6.45, 7) is 2.19. The number of amides is 4. The zero-order valence-electron chi connectivity index (χ0n) is 10.1. The van der Waals surface area contributed by atoms with Crippen molar-refractivity contribution in [1.82, 2.24) is 10.2 Å². The lowest BCUT2D eigenvalue weighted by Crippen LogP contribution is -2.56. The summed E-state index contributed by atoms with van der Waals surface area (Å²) in [5.74, 6) is -1.92. The molecule has 5 nitrogen and oxygen atoms in total.